The van der Waals surface area contributed by atoms with Crippen molar-refractivity contribution >= 4 is 40.5 Å². The number of aryl methyl sites for hydroxylation is 1. The summed E-state index contributed by atoms with van der Waals surface area (Å²) in [7, 11) is 0. The zero-order valence-corrected chi connectivity index (χ0v) is 18.2. The van der Waals surface area contributed by atoms with Crippen molar-refractivity contribution in [1.82, 2.24) is 14.6 Å². The van der Waals surface area contributed by atoms with Gasteiger partial charge in [0, 0.05) is 18.0 Å². The van der Waals surface area contributed by atoms with Gasteiger partial charge in [0.25, 0.3) is 0 Å². The molecule has 2 aromatic heterocycles. The topological polar surface area (TPSA) is 59.3 Å². The third-order valence-corrected chi connectivity index (χ3v) is 5.93. The summed E-state index contributed by atoms with van der Waals surface area (Å²) in [4.78, 5) is 16.7. The minimum Gasteiger partial charge on any atom is -0.324 e. The predicted octanol–water partition coefficient (Wildman–Crippen LogP) is 6.11. The maximum Gasteiger partial charge on any atom is 0.416 e. The number of fused-ring (bicyclic) bond motifs is 1. The van der Waals surface area contributed by atoms with E-state index in [1.807, 2.05) is 37.3 Å². The number of carbonyl (C=O) groups excluding carboxylic acids is 1. The van der Waals surface area contributed by atoms with E-state index in [9.17, 15) is 18.0 Å². The number of aromatic nitrogens is 3. The molecule has 0 radical (unpaired) electrons. The number of rotatable bonds is 5. The van der Waals surface area contributed by atoms with Crippen molar-refractivity contribution in [2.75, 3.05) is 11.1 Å². The maximum atomic E-state index is 12.9. The molecule has 0 fully saturated rings. The van der Waals surface area contributed by atoms with E-state index < -0.39 is 17.6 Å². The van der Waals surface area contributed by atoms with Crippen LogP contribution in [0.25, 0.3) is 16.8 Å². The SMILES string of the molecule is Cc1ccc(-c2cc3c(SCC(=O)Nc4cc(C(F)(F)F)ccc4Cl)nccn3n2)cc1. The largest absolute Gasteiger partial charge is 0.416 e. The Kier molecular flexibility index (Phi) is 6.12. The number of hydrogen-bond acceptors (Lipinski definition) is 4. The highest BCUT2D eigenvalue weighted by Gasteiger charge is 2.31. The molecule has 2 heterocycles. The summed E-state index contributed by atoms with van der Waals surface area (Å²) in [6.45, 7) is 2.00. The van der Waals surface area contributed by atoms with Crippen LogP contribution in [0, 0.1) is 6.92 Å². The molecule has 0 spiro atoms. The number of halogens is 4. The highest BCUT2D eigenvalue weighted by Crippen LogP contribution is 2.34. The Hall–Kier alpha value is -3.04. The van der Waals surface area contributed by atoms with E-state index in [0.717, 1.165) is 52.3 Å². The van der Waals surface area contributed by atoms with Gasteiger partial charge >= 0.3 is 6.18 Å². The summed E-state index contributed by atoms with van der Waals surface area (Å²) in [5, 5.41) is 7.58. The van der Waals surface area contributed by atoms with Crippen LogP contribution in [0.2, 0.25) is 5.02 Å². The van der Waals surface area contributed by atoms with Crippen molar-refractivity contribution in [3.8, 4) is 11.3 Å². The minimum atomic E-state index is -4.53. The molecule has 4 rings (SSSR count). The van der Waals surface area contributed by atoms with E-state index in [-0.39, 0.29) is 16.5 Å². The molecular formula is C22H16ClF3N4OS. The van der Waals surface area contributed by atoms with Gasteiger partial charge in [-0.3, -0.25) is 4.79 Å². The summed E-state index contributed by atoms with van der Waals surface area (Å²) in [5.41, 5.74) is 2.59. The van der Waals surface area contributed by atoms with Gasteiger partial charge in [-0.1, -0.05) is 53.2 Å². The molecule has 5 nitrogen and oxygen atoms in total. The molecule has 164 valence electrons. The minimum absolute atomic E-state index is 0.0232. The van der Waals surface area contributed by atoms with Crippen LogP contribution in [0.15, 0.2) is 66.0 Å². The molecule has 10 heteroatoms. The number of hydrogen-bond donors (Lipinski definition) is 1. The Morgan fingerprint density at radius 2 is 1.91 bits per heavy atom. The molecular weight excluding hydrogens is 461 g/mol. The Morgan fingerprint density at radius 1 is 1.16 bits per heavy atom. The molecule has 2 aromatic carbocycles. The zero-order valence-electron chi connectivity index (χ0n) is 16.7. The lowest BCUT2D eigenvalue weighted by Crippen LogP contribution is -2.15. The lowest BCUT2D eigenvalue weighted by molar-refractivity contribution is -0.137. The second-order valence-corrected chi connectivity index (χ2v) is 8.36. The Morgan fingerprint density at radius 3 is 2.62 bits per heavy atom. The molecule has 0 saturated carbocycles. The highest BCUT2D eigenvalue weighted by atomic mass is 35.5. The number of thioether (sulfide) groups is 1. The monoisotopic (exact) mass is 476 g/mol. The van der Waals surface area contributed by atoms with Gasteiger partial charge in [-0.15, -0.1) is 0 Å². The molecule has 0 saturated heterocycles. The molecule has 0 aliphatic rings. The molecule has 0 unspecified atom stereocenters. The van der Waals surface area contributed by atoms with Gasteiger partial charge in [0.05, 0.1) is 33.2 Å². The van der Waals surface area contributed by atoms with Gasteiger partial charge in [0.1, 0.15) is 5.03 Å². The standard InChI is InChI=1S/C22H16ClF3N4OS/c1-13-2-4-14(5-3-13)17-11-19-21(27-8-9-30(19)29-17)32-12-20(31)28-18-10-15(22(24,25)26)6-7-16(18)23/h2-11H,12H2,1H3,(H,28,31). The third-order valence-electron chi connectivity index (χ3n) is 4.61. The van der Waals surface area contributed by atoms with Crippen LogP contribution in [-0.4, -0.2) is 26.3 Å². The first kappa shape index (κ1) is 22.2. The highest BCUT2D eigenvalue weighted by molar-refractivity contribution is 8.00. The van der Waals surface area contributed by atoms with Crippen molar-refractivity contribution in [2.24, 2.45) is 0 Å². The Labute approximate surface area is 190 Å². The summed E-state index contributed by atoms with van der Waals surface area (Å²) >= 11 is 7.10. The molecule has 0 aliphatic carbocycles. The van der Waals surface area contributed by atoms with Crippen LogP contribution in [0.3, 0.4) is 0 Å². The molecule has 0 atom stereocenters. The van der Waals surface area contributed by atoms with Crippen LogP contribution in [-0.2, 0) is 11.0 Å². The lowest BCUT2D eigenvalue weighted by atomic mass is 10.1. The van der Waals surface area contributed by atoms with E-state index in [4.69, 9.17) is 11.6 Å². The summed E-state index contributed by atoms with van der Waals surface area (Å²) in [6, 6.07) is 12.6. The van der Waals surface area contributed by atoms with Gasteiger partial charge in [-0.05, 0) is 31.2 Å². The second kappa shape index (κ2) is 8.84. The smallest absolute Gasteiger partial charge is 0.324 e. The number of nitrogens with one attached hydrogen (secondary N) is 1. The Bertz CT molecular complexity index is 1290. The number of alkyl halides is 3. The molecule has 32 heavy (non-hydrogen) atoms. The number of benzene rings is 2. The fourth-order valence-electron chi connectivity index (χ4n) is 2.99. The number of carbonyl (C=O) groups is 1. The Balaban J connectivity index is 1.50. The first-order chi connectivity index (χ1) is 15.2. The van der Waals surface area contributed by atoms with E-state index in [1.54, 1.807) is 16.9 Å². The van der Waals surface area contributed by atoms with Crippen LogP contribution in [0.5, 0.6) is 0 Å². The lowest BCUT2D eigenvalue weighted by Gasteiger charge is -2.11. The van der Waals surface area contributed by atoms with Gasteiger partial charge in [0.15, 0.2) is 0 Å². The van der Waals surface area contributed by atoms with Crippen LogP contribution in [0.1, 0.15) is 11.1 Å². The van der Waals surface area contributed by atoms with Crippen molar-refractivity contribution in [3.63, 3.8) is 0 Å². The van der Waals surface area contributed by atoms with E-state index in [0.29, 0.717) is 5.03 Å². The average molecular weight is 477 g/mol. The molecule has 0 bridgehead atoms. The van der Waals surface area contributed by atoms with E-state index in [2.05, 4.69) is 15.4 Å². The number of anilines is 1. The zero-order chi connectivity index (χ0) is 22.9. The van der Waals surface area contributed by atoms with Crippen molar-refractivity contribution in [3.05, 3.63) is 77.1 Å². The summed E-state index contributed by atoms with van der Waals surface area (Å²) < 4.78 is 40.4. The van der Waals surface area contributed by atoms with Gasteiger partial charge in [0.2, 0.25) is 5.91 Å². The van der Waals surface area contributed by atoms with Gasteiger partial charge in [-0.25, -0.2) is 9.50 Å². The van der Waals surface area contributed by atoms with Crippen molar-refractivity contribution < 1.29 is 18.0 Å². The first-order valence-electron chi connectivity index (χ1n) is 9.41. The van der Waals surface area contributed by atoms with Crippen LogP contribution >= 0.6 is 23.4 Å². The number of amides is 1. The molecule has 1 N–H and O–H groups in total. The maximum absolute atomic E-state index is 12.9. The average Bonchev–Trinajstić information content (AvgIpc) is 3.18. The number of nitrogens with zero attached hydrogens (tertiary/aromatic N) is 3. The summed E-state index contributed by atoms with van der Waals surface area (Å²) in [5.74, 6) is -0.567. The fraction of sp³-hybridized carbons (Fsp3) is 0.136. The second-order valence-electron chi connectivity index (χ2n) is 6.99. The summed E-state index contributed by atoms with van der Waals surface area (Å²) in [6.07, 6.45) is -1.25. The van der Waals surface area contributed by atoms with Gasteiger partial charge < -0.3 is 5.32 Å². The van der Waals surface area contributed by atoms with Crippen molar-refractivity contribution in [1.29, 1.82) is 0 Å². The predicted molar refractivity (Wildman–Crippen MR) is 119 cm³/mol. The quantitative estimate of drug-likeness (QED) is 0.353. The van der Waals surface area contributed by atoms with E-state index in [1.165, 1.54) is 0 Å². The normalized spacial score (nSPS) is 11.7. The van der Waals surface area contributed by atoms with Gasteiger partial charge in [-0.2, -0.15) is 18.3 Å². The van der Waals surface area contributed by atoms with E-state index >= 15 is 0 Å². The fourth-order valence-corrected chi connectivity index (χ4v) is 3.93. The molecule has 0 aliphatic heterocycles. The molecule has 4 aromatic rings. The third kappa shape index (κ3) is 4.89. The van der Waals surface area contributed by atoms with Crippen molar-refractivity contribution in [2.45, 2.75) is 18.1 Å². The molecule has 1 amide bonds. The van der Waals surface area contributed by atoms with Crippen LogP contribution < -0.4 is 5.32 Å². The first-order valence-corrected chi connectivity index (χ1v) is 10.8. The van der Waals surface area contributed by atoms with Crippen LogP contribution in [0.4, 0.5) is 18.9 Å².